The minimum atomic E-state index is -4.00. The molecule has 0 bridgehead atoms. The molecule has 0 atom stereocenters. The highest BCUT2D eigenvalue weighted by Gasteiger charge is 2.31. The predicted octanol–water partition coefficient (Wildman–Crippen LogP) is 2.19. The van der Waals surface area contributed by atoms with Gasteiger partial charge in [-0.15, -0.1) is 12.4 Å². The van der Waals surface area contributed by atoms with Crippen molar-refractivity contribution in [3.8, 4) is 0 Å². The lowest BCUT2D eigenvalue weighted by atomic mass is 9.95. The average molecular weight is 432 g/mol. The maximum Gasteiger partial charge on any atom is 0.241 e. The Balaban J connectivity index is 0.00000625. The summed E-state index contributed by atoms with van der Waals surface area (Å²) < 4.78 is 67.5. The van der Waals surface area contributed by atoms with E-state index < -0.39 is 36.7 Å². The number of hydrogen-bond donors (Lipinski definition) is 3. The van der Waals surface area contributed by atoms with E-state index in [1.165, 1.54) is 13.8 Å². The van der Waals surface area contributed by atoms with Gasteiger partial charge in [0.25, 0.3) is 0 Å². The van der Waals surface area contributed by atoms with Crippen LogP contribution in [-0.2, 0) is 20.0 Å². The summed E-state index contributed by atoms with van der Waals surface area (Å²) in [5.41, 5.74) is 4.57. The zero-order valence-corrected chi connectivity index (χ0v) is 17.7. The number of anilines is 1. The molecule has 1 aromatic carbocycles. The summed E-state index contributed by atoms with van der Waals surface area (Å²) in [4.78, 5) is -0.294. The lowest BCUT2D eigenvalue weighted by Crippen LogP contribution is -2.52. The Morgan fingerprint density at radius 3 is 2.08 bits per heavy atom. The summed E-state index contributed by atoms with van der Waals surface area (Å²) in [6, 6.07) is 3.02. The number of hydrogen-bond acceptors (Lipinski definition) is 5. The van der Waals surface area contributed by atoms with Gasteiger partial charge in [0, 0.05) is 12.1 Å². The standard InChI is InChI=1S/C15H26FN3O4S2.ClH/c1-5-15(6-2,10-17)19-25(22,23)12-7-8-14(13(16)9-12)18-24(20,21)11(3)4;/h7-9,11,18-19H,5-6,10,17H2,1-4H3;1H. The van der Waals surface area contributed by atoms with Crippen molar-refractivity contribution in [3.05, 3.63) is 24.0 Å². The third-order valence-electron chi connectivity index (χ3n) is 4.22. The van der Waals surface area contributed by atoms with Crippen molar-refractivity contribution in [2.45, 2.75) is 56.2 Å². The highest BCUT2D eigenvalue weighted by atomic mass is 35.5. The van der Waals surface area contributed by atoms with Crippen molar-refractivity contribution in [2.75, 3.05) is 11.3 Å². The van der Waals surface area contributed by atoms with Crippen LogP contribution in [0.15, 0.2) is 23.1 Å². The minimum absolute atomic E-state index is 0. The second kappa shape index (κ2) is 9.32. The number of halogens is 2. The molecule has 1 rings (SSSR count). The monoisotopic (exact) mass is 431 g/mol. The highest BCUT2D eigenvalue weighted by Crippen LogP contribution is 2.23. The molecule has 0 aliphatic heterocycles. The molecule has 0 aromatic heterocycles. The third-order valence-corrected chi connectivity index (χ3v) is 7.54. The molecule has 1 aromatic rings. The SMILES string of the molecule is CCC(CC)(CN)NS(=O)(=O)c1ccc(NS(=O)(=O)C(C)C)c(F)c1.Cl. The molecule has 0 saturated heterocycles. The summed E-state index contributed by atoms with van der Waals surface area (Å²) in [5.74, 6) is -0.974. The van der Waals surface area contributed by atoms with E-state index in [9.17, 15) is 21.2 Å². The maximum absolute atomic E-state index is 14.2. The maximum atomic E-state index is 14.2. The predicted molar refractivity (Wildman–Crippen MR) is 104 cm³/mol. The molecule has 0 radical (unpaired) electrons. The third kappa shape index (κ3) is 5.78. The van der Waals surface area contributed by atoms with Crippen LogP contribution in [0, 0.1) is 5.82 Å². The van der Waals surface area contributed by atoms with Crippen molar-refractivity contribution in [1.29, 1.82) is 0 Å². The van der Waals surface area contributed by atoms with Gasteiger partial charge in [-0.1, -0.05) is 13.8 Å². The quantitative estimate of drug-likeness (QED) is 0.553. The molecule has 0 aliphatic rings. The molecule has 0 heterocycles. The smallest absolute Gasteiger partial charge is 0.241 e. The fourth-order valence-electron chi connectivity index (χ4n) is 2.09. The molecule has 7 nitrogen and oxygen atoms in total. The van der Waals surface area contributed by atoms with Crippen LogP contribution in [0.25, 0.3) is 0 Å². The second-order valence-corrected chi connectivity index (χ2v) is 10.1. The van der Waals surface area contributed by atoms with Crippen molar-refractivity contribution in [2.24, 2.45) is 5.73 Å². The minimum Gasteiger partial charge on any atom is -0.329 e. The largest absolute Gasteiger partial charge is 0.329 e. The van der Waals surface area contributed by atoms with Gasteiger partial charge in [-0.05, 0) is 44.9 Å². The van der Waals surface area contributed by atoms with Crippen LogP contribution in [-0.4, -0.2) is 34.2 Å². The fourth-order valence-corrected chi connectivity index (χ4v) is 4.36. The van der Waals surface area contributed by atoms with E-state index in [4.69, 9.17) is 5.73 Å². The van der Waals surface area contributed by atoms with E-state index in [0.717, 1.165) is 18.2 Å². The molecule has 0 saturated carbocycles. The summed E-state index contributed by atoms with van der Waals surface area (Å²) in [5, 5.41) is -0.753. The van der Waals surface area contributed by atoms with Gasteiger partial charge < -0.3 is 5.73 Å². The molecule has 0 amide bonds. The normalized spacial score (nSPS) is 12.7. The van der Waals surface area contributed by atoms with Gasteiger partial charge in [-0.2, -0.15) is 0 Å². The summed E-state index contributed by atoms with van der Waals surface area (Å²) in [7, 11) is -7.74. The number of benzene rings is 1. The Kier molecular flexibility index (Phi) is 8.98. The average Bonchev–Trinajstić information content (AvgIpc) is 2.54. The summed E-state index contributed by atoms with van der Waals surface area (Å²) >= 11 is 0. The van der Waals surface area contributed by atoms with Crippen LogP contribution >= 0.6 is 12.4 Å². The fraction of sp³-hybridized carbons (Fsp3) is 0.600. The Morgan fingerprint density at radius 1 is 1.15 bits per heavy atom. The lowest BCUT2D eigenvalue weighted by molar-refractivity contribution is 0.363. The van der Waals surface area contributed by atoms with Crippen molar-refractivity contribution in [1.82, 2.24) is 4.72 Å². The van der Waals surface area contributed by atoms with E-state index in [0.29, 0.717) is 12.8 Å². The number of nitrogens with one attached hydrogen (secondary N) is 2. The molecule has 0 fully saturated rings. The van der Waals surface area contributed by atoms with Crippen LogP contribution in [0.3, 0.4) is 0 Å². The Bertz CT molecular complexity index is 802. The first kappa shape index (κ1) is 25.1. The zero-order chi connectivity index (χ0) is 19.5. The first-order chi connectivity index (χ1) is 11.4. The van der Waals surface area contributed by atoms with Crippen LogP contribution < -0.4 is 15.2 Å². The Morgan fingerprint density at radius 2 is 1.69 bits per heavy atom. The molecule has 26 heavy (non-hydrogen) atoms. The van der Waals surface area contributed by atoms with Gasteiger partial charge in [-0.3, -0.25) is 4.72 Å². The second-order valence-electron chi connectivity index (χ2n) is 6.13. The van der Waals surface area contributed by atoms with Gasteiger partial charge >= 0.3 is 0 Å². The number of rotatable bonds is 9. The molecule has 0 spiro atoms. The van der Waals surface area contributed by atoms with Gasteiger partial charge in [0.15, 0.2) is 0 Å². The Labute approximate surface area is 161 Å². The molecule has 0 aliphatic carbocycles. The van der Waals surface area contributed by atoms with Crippen molar-refractivity contribution >= 4 is 38.1 Å². The van der Waals surface area contributed by atoms with Gasteiger partial charge in [0.2, 0.25) is 20.0 Å². The molecular formula is C15H27ClFN3O4S2. The van der Waals surface area contributed by atoms with Gasteiger partial charge in [0.1, 0.15) is 5.82 Å². The molecule has 0 unspecified atom stereocenters. The van der Waals surface area contributed by atoms with E-state index in [1.807, 2.05) is 13.8 Å². The van der Waals surface area contributed by atoms with E-state index >= 15 is 0 Å². The van der Waals surface area contributed by atoms with Crippen molar-refractivity contribution < 1.29 is 21.2 Å². The molecular weight excluding hydrogens is 405 g/mol. The van der Waals surface area contributed by atoms with E-state index in [1.54, 1.807) is 0 Å². The number of sulfonamides is 2. The highest BCUT2D eigenvalue weighted by molar-refractivity contribution is 7.93. The summed E-state index contributed by atoms with van der Waals surface area (Å²) in [6.07, 6.45) is 0.960. The lowest BCUT2D eigenvalue weighted by Gasteiger charge is -2.31. The summed E-state index contributed by atoms with van der Waals surface area (Å²) in [6.45, 7) is 6.62. The van der Waals surface area contributed by atoms with Gasteiger partial charge in [-0.25, -0.2) is 25.9 Å². The topological polar surface area (TPSA) is 118 Å². The molecule has 11 heteroatoms. The molecule has 152 valence electrons. The van der Waals surface area contributed by atoms with Crippen LogP contribution in [0.2, 0.25) is 0 Å². The van der Waals surface area contributed by atoms with Crippen molar-refractivity contribution in [3.63, 3.8) is 0 Å². The van der Waals surface area contributed by atoms with E-state index in [-0.39, 0.29) is 29.5 Å². The van der Waals surface area contributed by atoms with Crippen LogP contribution in [0.4, 0.5) is 10.1 Å². The van der Waals surface area contributed by atoms with Crippen LogP contribution in [0.5, 0.6) is 0 Å². The van der Waals surface area contributed by atoms with Crippen LogP contribution in [0.1, 0.15) is 40.5 Å². The number of nitrogens with two attached hydrogens (primary N) is 1. The van der Waals surface area contributed by atoms with Gasteiger partial charge in [0.05, 0.1) is 15.8 Å². The Hall–Kier alpha value is -0.940. The zero-order valence-electron chi connectivity index (χ0n) is 15.2. The molecule has 4 N–H and O–H groups in total. The first-order valence-electron chi connectivity index (χ1n) is 7.98. The van der Waals surface area contributed by atoms with E-state index in [2.05, 4.69) is 9.44 Å². The first-order valence-corrected chi connectivity index (χ1v) is 11.0.